The molecule has 0 aliphatic carbocycles. The third kappa shape index (κ3) is 1.61. The van der Waals surface area contributed by atoms with Gasteiger partial charge in [0.25, 0.3) is 0 Å². The minimum atomic E-state index is 0.108. The maximum absolute atomic E-state index is 5.69. The first-order valence-corrected chi connectivity index (χ1v) is 6.68. The van der Waals surface area contributed by atoms with Crippen molar-refractivity contribution in [3.05, 3.63) is 23.8 Å². The van der Waals surface area contributed by atoms with E-state index in [2.05, 4.69) is 38.2 Å². The Labute approximate surface area is 108 Å². The Kier molecular flexibility index (Phi) is 2.56. The van der Waals surface area contributed by atoms with Gasteiger partial charge >= 0.3 is 0 Å². The first kappa shape index (κ1) is 11.8. The first-order valence-electron chi connectivity index (χ1n) is 6.68. The van der Waals surface area contributed by atoms with Gasteiger partial charge in [0.05, 0.1) is 0 Å². The molecule has 0 bridgehead atoms. The Hall–Kier alpha value is -1.22. The second-order valence-electron chi connectivity index (χ2n) is 5.99. The average molecular weight is 247 g/mol. The molecular formula is C15H21NO2. The lowest BCUT2D eigenvalue weighted by molar-refractivity contribution is 0.170. The third-order valence-corrected chi connectivity index (χ3v) is 4.75. The summed E-state index contributed by atoms with van der Waals surface area (Å²) in [6, 6.07) is 6.38. The number of rotatable bonds is 1. The zero-order chi connectivity index (χ0) is 12.8. The van der Waals surface area contributed by atoms with Crippen LogP contribution in [0.1, 0.15) is 32.8 Å². The molecule has 3 nitrogen and oxygen atoms in total. The number of nitrogens with one attached hydrogen (secondary N) is 1. The van der Waals surface area contributed by atoms with Gasteiger partial charge in [0.2, 0.25) is 0 Å². The minimum absolute atomic E-state index is 0.108. The molecule has 98 valence electrons. The predicted octanol–water partition coefficient (Wildman–Crippen LogP) is 2.49. The smallest absolute Gasteiger partial charge is 0.161 e. The fraction of sp³-hybridized carbons (Fsp3) is 0.600. The molecule has 1 saturated heterocycles. The molecule has 0 saturated carbocycles. The molecule has 1 aromatic rings. The molecule has 0 spiro atoms. The first-order chi connectivity index (χ1) is 8.53. The zero-order valence-electron chi connectivity index (χ0n) is 11.4. The van der Waals surface area contributed by atoms with Crippen LogP contribution in [-0.4, -0.2) is 25.3 Å². The molecule has 2 aliphatic rings. The van der Waals surface area contributed by atoms with E-state index in [1.54, 1.807) is 0 Å². The Morgan fingerprint density at radius 3 is 2.44 bits per heavy atom. The van der Waals surface area contributed by atoms with E-state index >= 15 is 0 Å². The van der Waals surface area contributed by atoms with Gasteiger partial charge in [-0.3, -0.25) is 0 Å². The molecule has 1 N–H and O–H groups in total. The topological polar surface area (TPSA) is 30.5 Å². The van der Waals surface area contributed by atoms with Gasteiger partial charge in [-0.2, -0.15) is 0 Å². The van der Waals surface area contributed by atoms with Crippen molar-refractivity contribution in [2.24, 2.45) is 0 Å². The lowest BCUT2D eigenvalue weighted by Gasteiger charge is -2.39. The van der Waals surface area contributed by atoms with Crippen molar-refractivity contribution in [2.45, 2.75) is 38.1 Å². The zero-order valence-corrected chi connectivity index (χ0v) is 11.4. The standard InChI is InChI=1S/C15H21NO2/c1-14(2)15(3,6-7-16-14)11-4-5-12-13(10-11)18-9-8-17-12/h4-5,10,16H,6-9H2,1-3H3. The molecule has 0 aromatic heterocycles. The van der Waals surface area contributed by atoms with Gasteiger partial charge in [-0.05, 0) is 44.5 Å². The molecule has 1 atom stereocenters. The molecule has 0 radical (unpaired) electrons. The van der Waals surface area contributed by atoms with E-state index in [1.165, 1.54) is 5.56 Å². The molecule has 3 rings (SSSR count). The van der Waals surface area contributed by atoms with Crippen LogP contribution in [0.4, 0.5) is 0 Å². The third-order valence-electron chi connectivity index (χ3n) is 4.75. The summed E-state index contributed by atoms with van der Waals surface area (Å²) in [5, 5.41) is 3.59. The van der Waals surface area contributed by atoms with Crippen LogP contribution in [0, 0.1) is 0 Å². The highest BCUT2D eigenvalue weighted by Crippen LogP contribution is 2.44. The van der Waals surface area contributed by atoms with Crippen molar-refractivity contribution < 1.29 is 9.47 Å². The van der Waals surface area contributed by atoms with Crippen LogP contribution in [-0.2, 0) is 5.41 Å². The molecule has 3 heteroatoms. The van der Waals surface area contributed by atoms with Crippen LogP contribution in [0.5, 0.6) is 11.5 Å². The Balaban J connectivity index is 2.02. The maximum Gasteiger partial charge on any atom is 0.161 e. The second kappa shape index (κ2) is 3.89. The van der Waals surface area contributed by atoms with Crippen LogP contribution in [0.2, 0.25) is 0 Å². The number of hydrogen-bond donors (Lipinski definition) is 1. The monoisotopic (exact) mass is 247 g/mol. The summed E-state index contributed by atoms with van der Waals surface area (Å²) in [6.07, 6.45) is 1.15. The van der Waals surface area contributed by atoms with Crippen molar-refractivity contribution in [1.29, 1.82) is 0 Å². The van der Waals surface area contributed by atoms with E-state index in [-0.39, 0.29) is 11.0 Å². The Morgan fingerprint density at radius 2 is 1.78 bits per heavy atom. The van der Waals surface area contributed by atoms with E-state index in [1.807, 2.05) is 6.07 Å². The van der Waals surface area contributed by atoms with Gasteiger partial charge in [-0.25, -0.2) is 0 Å². The largest absolute Gasteiger partial charge is 0.486 e. The lowest BCUT2D eigenvalue weighted by Crippen LogP contribution is -2.47. The lowest BCUT2D eigenvalue weighted by atomic mass is 9.69. The number of hydrogen-bond acceptors (Lipinski definition) is 3. The van der Waals surface area contributed by atoms with Gasteiger partial charge < -0.3 is 14.8 Å². The SMILES string of the molecule is CC1(C)NCCC1(C)c1ccc2c(c1)OCCO2. The maximum atomic E-state index is 5.69. The van der Waals surface area contributed by atoms with Gasteiger partial charge in [0.1, 0.15) is 13.2 Å². The highest BCUT2D eigenvalue weighted by Gasteiger charge is 2.46. The van der Waals surface area contributed by atoms with Gasteiger partial charge in [0, 0.05) is 11.0 Å². The Morgan fingerprint density at radius 1 is 1.06 bits per heavy atom. The van der Waals surface area contributed by atoms with E-state index < -0.39 is 0 Å². The van der Waals surface area contributed by atoms with Crippen LogP contribution < -0.4 is 14.8 Å². The van der Waals surface area contributed by atoms with Gasteiger partial charge in [-0.1, -0.05) is 13.0 Å². The molecule has 18 heavy (non-hydrogen) atoms. The van der Waals surface area contributed by atoms with Crippen molar-refractivity contribution >= 4 is 0 Å². The van der Waals surface area contributed by atoms with Crippen molar-refractivity contribution in [3.8, 4) is 11.5 Å². The molecule has 2 aliphatic heterocycles. The van der Waals surface area contributed by atoms with E-state index in [0.29, 0.717) is 13.2 Å². The molecule has 1 unspecified atom stereocenters. The summed E-state index contributed by atoms with van der Waals surface area (Å²) < 4.78 is 11.3. The summed E-state index contributed by atoms with van der Waals surface area (Å²) in [4.78, 5) is 0. The van der Waals surface area contributed by atoms with E-state index in [9.17, 15) is 0 Å². The molecule has 1 fully saturated rings. The van der Waals surface area contributed by atoms with Crippen LogP contribution in [0.3, 0.4) is 0 Å². The molecule has 0 amide bonds. The highest BCUT2D eigenvalue weighted by molar-refractivity contribution is 5.47. The predicted molar refractivity (Wildman–Crippen MR) is 71.5 cm³/mol. The van der Waals surface area contributed by atoms with Crippen molar-refractivity contribution in [1.82, 2.24) is 5.32 Å². The van der Waals surface area contributed by atoms with E-state index in [4.69, 9.17) is 9.47 Å². The molecular weight excluding hydrogens is 226 g/mol. The minimum Gasteiger partial charge on any atom is -0.486 e. The number of benzene rings is 1. The fourth-order valence-corrected chi connectivity index (χ4v) is 3.02. The van der Waals surface area contributed by atoms with Crippen LogP contribution in [0.15, 0.2) is 18.2 Å². The van der Waals surface area contributed by atoms with Crippen LogP contribution >= 0.6 is 0 Å². The van der Waals surface area contributed by atoms with Crippen molar-refractivity contribution in [2.75, 3.05) is 19.8 Å². The Bertz CT molecular complexity index is 470. The summed E-state index contributed by atoms with van der Waals surface area (Å²) in [5.74, 6) is 1.76. The summed E-state index contributed by atoms with van der Waals surface area (Å²) in [6.45, 7) is 9.25. The van der Waals surface area contributed by atoms with Gasteiger partial charge in [-0.15, -0.1) is 0 Å². The number of fused-ring (bicyclic) bond motifs is 1. The fourth-order valence-electron chi connectivity index (χ4n) is 3.02. The summed E-state index contributed by atoms with van der Waals surface area (Å²) >= 11 is 0. The molecule has 2 heterocycles. The second-order valence-corrected chi connectivity index (χ2v) is 5.99. The number of ether oxygens (including phenoxy) is 2. The van der Waals surface area contributed by atoms with Gasteiger partial charge in [0.15, 0.2) is 11.5 Å². The van der Waals surface area contributed by atoms with Crippen LogP contribution in [0.25, 0.3) is 0 Å². The summed E-state index contributed by atoms with van der Waals surface area (Å²) in [5.41, 5.74) is 1.58. The van der Waals surface area contributed by atoms with Crippen molar-refractivity contribution in [3.63, 3.8) is 0 Å². The molecule has 1 aromatic carbocycles. The highest BCUT2D eigenvalue weighted by atomic mass is 16.6. The normalized spacial score (nSPS) is 29.3. The quantitative estimate of drug-likeness (QED) is 0.827. The summed E-state index contributed by atoms with van der Waals surface area (Å²) in [7, 11) is 0. The van der Waals surface area contributed by atoms with E-state index in [0.717, 1.165) is 24.5 Å². The average Bonchev–Trinajstić information content (AvgIpc) is 2.64.